The van der Waals surface area contributed by atoms with E-state index < -0.39 is 0 Å². The first-order valence-corrected chi connectivity index (χ1v) is 6.10. The Morgan fingerprint density at radius 1 is 1.24 bits per heavy atom. The average Bonchev–Trinajstić information content (AvgIpc) is 2.80. The highest BCUT2D eigenvalue weighted by Crippen LogP contribution is 2.28. The van der Waals surface area contributed by atoms with Gasteiger partial charge < -0.3 is 10.3 Å². The van der Waals surface area contributed by atoms with Gasteiger partial charge in [0.25, 0.3) is 0 Å². The van der Waals surface area contributed by atoms with Crippen LogP contribution in [0.1, 0.15) is 17.8 Å². The number of aromatic nitrogens is 3. The third kappa shape index (κ3) is 1.74. The van der Waals surface area contributed by atoms with E-state index in [9.17, 15) is 0 Å². The highest BCUT2D eigenvalue weighted by Gasteiger charge is 2.20. The Labute approximate surface area is 100 Å². The molecule has 0 spiro atoms. The normalized spacial score (nSPS) is 13.2. The Balaban J connectivity index is 2.01. The van der Waals surface area contributed by atoms with Crippen LogP contribution in [0.2, 0.25) is 0 Å². The second-order valence-corrected chi connectivity index (χ2v) is 4.39. The molecule has 0 aliphatic carbocycles. The Morgan fingerprint density at radius 2 is 2.12 bits per heavy atom. The Kier molecular flexibility index (Phi) is 2.65. The molecule has 1 aromatic heterocycles. The zero-order chi connectivity index (χ0) is 11.7. The lowest BCUT2D eigenvalue weighted by molar-refractivity contribution is 0.629. The van der Waals surface area contributed by atoms with Crippen molar-refractivity contribution in [3.8, 4) is 11.4 Å². The highest BCUT2D eigenvalue weighted by molar-refractivity contribution is 5.62. The van der Waals surface area contributed by atoms with E-state index in [0.29, 0.717) is 6.54 Å². The van der Waals surface area contributed by atoms with E-state index in [1.807, 2.05) is 0 Å². The number of benzene rings is 1. The zero-order valence-electron chi connectivity index (χ0n) is 9.76. The van der Waals surface area contributed by atoms with Gasteiger partial charge in [0.1, 0.15) is 5.82 Å². The van der Waals surface area contributed by atoms with E-state index >= 15 is 0 Å². The van der Waals surface area contributed by atoms with Crippen LogP contribution in [0.5, 0.6) is 0 Å². The molecule has 0 unspecified atom stereocenters. The van der Waals surface area contributed by atoms with Crippen molar-refractivity contribution in [1.29, 1.82) is 0 Å². The molecule has 88 valence electrons. The van der Waals surface area contributed by atoms with E-state index in [1.54, 1.807) is 0 Å². The molecule has 2 heterocycles. The summed E-state index contributed by atoms with van der Waals surface area (Å²) in [5.41, 5.74) is 8.14. The van der Waals surface area contributed by atoms with Gasteiger partial charge in [0.05, 0.1) is 0 Å². The van der Waals surface area contributed by atoms with Gasteiger partial charge in [0.2, 0.25) is 0 Å². The maximum atomic E-state index is 5.54. The van der Waals surface area contributed by atoms with E-state index in [1.165, 1.54) is 11.1 Å². The number of hydrogen-bond acceptors (Lipinski definition) is 3. The summed E-state index contributed by atoms with van der Waals surface area (Å²) < 4.78 is 2.23. The lowest BCUT2D eigenvalue weighted by atomic mass is 10.0. The first-order valence-electron chi connectivity index (χ1n) is 6.10. The Morgan fingerprint density at radius 3 is 3.00 bits per heavy atom. The van der Waals surface area contributed by atoms with Gasteiger partial charge in [0.15, 0.2) is 5.82 Å². The van der Waals surface area contributed by atoms with Crippen molar-refractivity contribution in [3.05, 3.63) is 35.7 Å². The topological polar surface area (TPSA) is 56.7 Å². The van der Waals surface area contributed by atoms with E-state index in [2.05, 4.69) is 39.0 Å². The van der Waals surface area contributed by atoms with Crippen LogP contribution in [0, 0.1) is 0 Å². The second kappa shape index (κ2) is 4.30. The number of fused-ring (bicyclic) bond motifs is 3. The predicted octanol–water partition coefficient (Wildman–Crippen LogP) is 1.39. The van der Waals surface area contributed by atoms with Crippen LogP contribution >= 0.6 is 0 Å². The average molecular weight is 228 g/mol. The minimum atomic E-state index is 0.707. The first-order chi connectivity index (χ1) is 8.40. The second-order valence-electron chi connectivity index (χ2n) is 4.39. The molecule has 2 N–H and O–H groups in total. The molecule has 1 aliphatic rings. The van der Waals surface area contributed by atoms with Gasteiger partial charge in [-0.1, -0.05) is 24.3 Å². The summed E-state index contributed by atoms with van der Waals surface area (Å²) in [5.74, 6) is 2.08. The Hall–Kier alpha value is -1.68. The standard InChI is InChI=1S/C13H16N4/c14-8-3-6-12-15-16-13-11-5-2-1-4-10(11)7-9-17(12)13/h1-2,4-5H,3,6-9,14H2. The van der Waals surface area contributed by atoms with Gasteiger partial charge in [-0.25, -0.2) is 0 Å². The SMILES string of the molecule is NCCCc1nnc2n1CCc1ccccc1-2. The number of rotatable bonds is 3. The molecule has 0 saturated carbocycles. The van der Waals surface area contributed by atoms with Crippen LogP contribution in [0.4, 0.5) is 0 Å². The third-order valence-electron chi connectivity index (χ3n) is 3.29. The van der Waals surface area contributed by atoms with Gasteiger partial charge in [-0.2, -0.15) is 0 Å². The largest absolute Gasteiger partial charge is 0.330 e. The Bertz CT molecular complexity index is 530. The molecule has 4 heteroatoms. The van der Waals surface area contributed by atoms with E-state index in [-0.39, 0.29) is 0 Å². The number of aryl methyl sites for hydroxylation is 2. The molecule has 0 atom stereocenters. The number of nitrogens with two attached hydrogens (primary N) is 1. The molecule has 0 amide bonds. The molecule has 1 aliphatic heterocycles. The number of nitrogens with zero attached hydrogens (tertiary/aromatic N) is 3. The summed E-state index contributed by atoms with van der Waals surface area (Å²) in [6.45, 7) is 1.69. The van der Waals surface area contributed by atoms with Crippen LogP contribution in [-0.4, -0.2) is 21.3 Å². The van der Waals surface area contributed by atoms with Gasteiger partial charge in [-0.3, -0.25) is 0 Å². The van der Waals surface area contributed by atoms with Crippen molar-refractivity contribution in [1.82, 2.24) is 14.8 Å². The fourth-order valence-electron chi connectivity index (χ4n) is 2.40. The molecular formula is C13H16N4. The van der Waals surface area contributed by atoms with Crippen LogP contribution < -0.4 is 5.73 Å². The van der Waals surface area contributed by atoms with Crippen LogP contribution in [-0.2, 0) is 19.4 Å². The van der Waals surface area contributed by atoms with Gasteiger partial charge in [-0.15, -0.1) is 10.2 Å². The predicted molar refractivity (Wildman–Crippen MR) is 66.5 cm³/mol. The summed E-state index contributed by atoms with van der Waals surface area (Å²) in [7, 11) is 0. The molecule has 0 fully saturated rings. The van der Waals surface area contributed by atoms with Crippen LogP contribution in [0.15, 0.2) is 24.3 Å². The quantitative estimate of drug-likeness (QED) is 0.863. The van der Waals surface area contributed by atoms with Crippen molar-refractivity contribution in [2.75, 3.05) is 6.54 Å². The maximum Gasteiger partial charge on any atom is 0.164 e. The van der Waals surface area contributed by atoms with E-state index in [0.717, 1.165) is 37.5 Å². The number of hydrogen-bond donors (Lipinski definition) is 1. The monoisotopic (exact) mass is 228 g/mol. The van der Waals surface area contributed by atoms with Crippen LogP contribution in [0.25, 0.3) is 11.4 Å². The minimum Gasteiger partial charge on any atom is -0.330 e. The summed E-state index contributed by atoms with van der Waals surface area (Å²) in [5, 5.41) is 8.61. The molecular weight excluding hydrogens is 212 g/mol. The molecule has 4 nitrogen and oxygen atoms in total. The van der Waals surface area contributed by atoms with Crippen molar-refractivity contribution in [3.63, 3.8) is 0 Å². The van der Waals surface area contributed by atoms with Crippen LogP contribution in [0.3, 0.4) is 0 Å². The third-order valence-corrected chi connectivity index (χ3v) is 3.29. The lowest BCUT2D eigenvalue weighted by Gasteiger charge is -2.18. The van der Waals surface area contributed by atoms with Crippen molar-refractivity contribution < 1.29 is 0 Å². The minimum absolute atomic E-state index is 0.707. The van der Waals surface area contributed by atoms with Crippen molar-refractivity contribution in [2.45, 2.75) is 25.8 Å². The molecule has 0 bridgehead atoms. The summed E-state index contributed by atoms with van der Waals surface area (Å²) >= 11 is 0. The molecule has 17 heavy (non-hydrogen) atoms. The van der Waals surface area contributed by atoms with Crippen molar-refractivity contribution in [2.24, 2.45) is 5.73 Å². The van der Waals surface area contributed by atoms with Gasteiger partial charge in [0, 0.05) is 18.5 Å². The molecule has 1 aromatic carbocycles. The fourth-order valence-corrected chi connectivity index (χ4v) is 2.40. The van der Waals surface area contributed by atoms with Crippen molar-refractivity contribution >= 4 is 0 Å². The fraction of sp³-hybridized carbons (Fsp3) is 0.385. The lowest BCUT2D eigenvalue weighted by Crippen LogP contribution is -2.14. The smallest absolute Gasteiger partial charge is 0.164 e. The van der Waals surface area contributed by atoms with Gasteiger partial charge >= 0.3 is 0 Å². The summed E-state index contributed by atoms with van der Waals surface area (Å²) in [6.07, 6.45) is 2.96. The highest BCUT2D eigenvalue weighted by atomic mass is 15.3. The molecule has 0 radical (unpaired) electrons. The molecule has 2 aromatic rings. The van der Waals surface area contributed by atoms with Gasteiger partial charge in [-0.05, 0) is 24.9 Å². The molecule has 0 saturated heterocycles. The molecule has 3 rings (SSSR count). The summed E-state index contributed by atoms with van der Waals surface area (Å²) in [4.78, 5) is 0. The summed E-state index contributed by atoms with van der Waals surface area (Å²) in [6, 6.07) is 8.44. The van der Waals surface area contributed by atoms with E-state index in [4.69, 9.17) is 5.73 Å². The first kappa shape index (κ1) is 10.5. The maximum absolute atomic E-state index is 5.54. The zero-order valence-corrected chi connectivity index (χ0v) is 9.76.